The molecule has 3 heterocycles. The van der Waals surface area contributed by atoms with Crippen LogP contribution in [0.1, 0.15) is 23.3 Å². The van der Waals surface area contributed by atoms with Crippen LogP contribution in [0, 0.1) is 0 Å². The molecule has 0 atom stereocenters. The Labute approximate surface area is 151 Å². The number of carbonyl (C=O) groups excluding carboxylic acids is 1. The minimum Gasteiger partial charge on any atom is -0.356 e. The predicted molar refractivity (Wildman–Crippen MR) is 100 cm³/mol. The highest BCUT2D eigenvalue weighted by molar-refractivity contribution is 6.03. The van der Waals surface area contributed by atoms with Gasteiger partial charge in [-0.15, -0.1) is 0 Å². The van der Waals surface area contributed by atoms with Crippen LogP contribution in [0.2, 0.25) is 0 Å². The number of amides is 1. The van der Waals surface area contributed by atoms with E-state index in [0.717, 1.165) is 30.2 Å². The first-order chi connectivity index (χ1) is 12.7. The number of aromatic nitrogens is 4. The van der Waals surface area contributed by atoms with Crippen LogP contribution >= 0.6 is 0 Å². The van der Waals surface area contributed by atoms with Gasteiger partial charge in [-0.2, -0.15) is 5.10 Å². The topological polar surface area (TPSA) is 75.9 Å². The van der Waals surface area contributed by atoms with Crippen LogP contribution in [0.25, 0.3) is 11.3 Å². The lowest BCUT2D eigenvalue weighted by atomic mass is 10.1. The van der Waals surface area contributed by atoms with E-state index in [1.165, 1.54) is 19.2 Å². The van der Waals surface area contributed by atoms with Crippen LogP contribution < -0.4 is 10.2 Å². The molecule has 4 rings (SSSR count). The molecule has 0 aliphatic carbocycles. The number of nitrogens with zero attached hydrogens (tertiary/aromatic N) is 5. The first-order valence-corrected chi connectivity index (χ1v) is 8.68. The van der Waals surface area contributed by atoms with Crippen molar-refractivity contribution in [1.29, 1.82) is 0 Å². The predicted octanol–water partition coefficient (Wildman–Crippen LogP) is 2.73. The molecule has 1 saturated heterocycles. The third-order valence-corrected chi connectivity index (χ3v) is 4.51. The number of carbonyl (C=O) groups is 1. The number of nitrogens with one attached hydrogen (secondary N) is 1. The summed E-state index contributed by atoms with van der Waals surface area (Å²) in [6.45, 7) is 1.99. The molecule has 0 bridgehead atoms. The van der Waals surface area contributed by atoms with Gasteiger partial charge >= 0.3 is 0 Å². The first kappa shape index (κ1) is 16.3. The van der Waals surface area contributed by atoms with Gasteiger partial charge in [0.1, 0.15) is 23.7 Å². The summed E-state index contributed by atoms with van der Waals surface area (Å²) in [5.41, 5.74) is 2.21. The average Bonchev–Trinajstić information content (AvgIpc) is 3.32. The van der Waals surface area contributed by atoms with E-state index in [-0.39, 0.29) is 5.91 Å². The van der Waals surface area contributed by atoms with Gasteiger partial charge in [0.25, 0.3) is 5.91 Å². The average molecular weight is 348 g/mol. The molecule has 2 aromatic heterocycles. The Morgan fingerprint density at radius 2 is 1.85 bits per heavy atom. The minimum atomic E-state index is -0.242. The van der Waals surface area contributed by atoms with E-state index < -0.39 is 0 Å². The molecular weight excluding hydrogens is 328 g/mol. The van der Waals surface area contributed by atoms with Gasteiger partial charge in [0.15, 0.2) is 0 Å². The summed E-state index contributed by atoms with van der Waals surface area (Å²) in [4.78, 5) is 23.3. The zero-order chi connectivity index (χ0) is 17.9. The fourth-order valence-electron chi connectivity index (χ4n) is 3.14. The van der Waals surface area contributed by atoms with Crippen LogP contribution in [0.5, 0.6) is 0 Å². The van der Waals surface area contributed by atoms with Gasteiger partial charge in [0, 0.05) is 31.8 Å². The lowest BCUT2D eigenvalue weighted by Gasteiger charge is -2.16. The summed E-state index contributed by atoms with van der Waals surface area (Å²) >= 11 is 0. The summed E-state index contributed by atoms with van der Waals surface area (Å²) in [5.74, 6) is 1.10. The number of hydrogen-bond donors (Lipinski definition) is 1. The van der Waals surface area contributed by atoms with Gasteiger partial charge in [0.2, 0.25) is 0 Å². The molecule has 0 radical (unpaired) electrons. The van der Waals surface area contributed by atoms with E-state index in [9.17, 15) is 4.79 Å². The van der Waals surface area contributed by atoms with Gasteiger partial charge in [-0.1, -0.05) is 30.3 Å². The molecule has 1 aliphatic heterocycles. The summed E-state index contributed by atoms with van der Waals surface area (Å²) in [7, 11) is 1.76. The SMILES string of the molecule is Cn1nc(-c2ccccc2)cc1C(=O)Nc1cc(N2CCCC2)ncn1. The van der Waals surface area contributed by atoms with Gasteiger partial charge in [-0.25, -0.2) is 9.97 Å². The fraction of sp³-hybridized carbons (Fsp3) is 0.263. The second-order valence-corrected chi connectivity index (χ2v) is 6.31. The molecule has 3 aromatic rings. The Morgan fingerprint density at radius 1 is 1.08 bits per heavy atom. The monoisotopic (exact) mass is 348 g/mol. The Kier molecular flexibility index (Phi) is 4.35. The maximum absolute atomic E-state index is 12.7. The molecule has 1 N–H and O–H groups in total. The normalized spacial score (nSPS) is 13.8. The van der Waals surface area contributed by atoms with E-state index in [1.54, 1.807) is 17.8 Å². The molecule has 1 fully saturated rings. The molecule has 0 unspecified atom stereocenters. The van der Waals surface area contributed by atoms with Crippen molar-refractivity contribution in [2.75, 3.05) is 23.3 Å². The van der Waals surface area contributed by atoms with Crippen molar-refractivity contribution in [1.82, 2.24) is 19.7 Å². The number of aryl methyl sites for hydroxylation is 1. The number of rotatable bonds is 4. The summed E-state index contributed by atoms with van der Waals surface area (Å²) in [5, 5.41) is 7.29. The first-order valence-electron chi connectivity index (χ1n) is 8.68. The second-order valence-electron chi connectivity index (χ2n) is 6.31. The van der Waals surface area contributed by atoms with Crippen LogP contribution in [-0.2, 0) is 7.05 Å². The molecule has 0 saturated carbocycles. The third kappa shape index (κ3) is 3.28. The maximum Gasteiger partial charge on any atom is 0.275 e. The molecule has 1 aromatic carbocycles. The van der Waals surface area contributed by atoms with Crippen molar-refractivity contribution in [3.05, 3.63) is 54.5 Å². The van der Waals surface area contributed by atoms with E-state index >= 15 is 0 Å². The molecule has 132 valence electrons. The number of hydrogen-bond acceptors (Lipinski definition) is 5. The lowest BCUT2D eigenvalue weighted by molar-refractivity contribution is 0.101. The van der Waals surface area contributed by atoms with Crippen LogP contribution in [0.3, 0.4) is 0 Å². The van der Waals surface area contributed by atoms with Gasteiger partial charge in [-0.3, -0.25) is 9.48 Å². The largest absolute Gasteiger partial charge is 0.356 e. The van der Waals surface area contributed by atoms with Crippen molar-refractivity contribution < 1.29 is 4.79 Å². The van der Waals surface area contributed by atoms with Crippen LogP contribution in [0.15, 0.2) is 48.8 Å². The smallest absolute Gasteiger partial charge is 0.275 e. The van der Waals surface area contributed by atoms with Gasteiger partial charge in [-0.05, 0) is 18.9 Å². The molecule has 7 nitrogen and oxygen atoms in total. The van der Waals surface area contributed by atoms with Crippen molar-refractivity contribution in [2.45, 2.75) is 12.8 Å². The number of benzene rings is 1. The van der Waals surface area contributed by atoms with E-state index in [0.29, 0.717) is 11.5 Å². The van der Waals surface area contributed by atoms with Gasteiger partial charge in [0.05, 0.1) is 5.69 Å². The highest BCUT2D eigenvalue weighted by Crippen LogP contribution is 2.21. The third-order valence-electron chi connectivity index (χ3n) is 4.51. The summed E-state index contributed by atoms with van der Waals surface area (Å²) in [6, 6.07) is 13.4. The van der Waals surface area contributed by atoms with Crippen molar-refractivity contribution >= 4 is 17.5 Å². The van der Waals surface area contributed by atoms with Crippen molar-refractivity contribution in [3.8, 4) is 11.3 Å². The Morgan fingerprint density at radius 3 is 2.62 bits per heavy atom. The maximum atomic E-state index is 12.7. The minimum absolute atomic E-state index is 0.242. The lowest BCUT2D eigenvalue weighted by Crippen LogP contribution is -2.20. The van der Waals surface area contributed by atoms with Crippen LogP contribution in [0.4, 0.5) is 11.6 Å². The highest BCUT2D eigenvalue weighted by atomic mass is 16.2. The van der Waals surface area contributed by atoms with E-state index in [1.807, 2.05) is 36.4 Å². The Bertz CT molecular complexity index is 915. The van der Waals surface area contributed by atoms with Gasteiger partial charge < -0.3 is 10.2 Å². The quantitative estimate of drug-likeness (QED) is 0.784. The van der Waals surface area contributed by atoms with E-state index in [2.05, 4.69) is 25.3 Å². The summed E-state index contributed by atoms with van der Waals surface area (Å²) < 4.78 is 1.58. The standard InChI is InChI=1S/C19H20N6O/c1-24-16(11-15(23-24)14-7-3-2-4-8-14)19(26)22-17-12-18(21-13-20-17)25-9-5-6-10-25/h2-4,7-8,11-13H,5-6,9-10H2,1H3,(H,20,21,22,26). The number of anilines is 2. The molecule has 26 heavy (non-hydrogen) atoms. The van der Waals surface area contributed by atoms with Crippen molar-refractivity contribution in [2.24, 2.45) is 7.05 Å². The highest BCUT2D eigenvalue weighted by Gasteiger charge is 2.17. The zero-order valence-corrected chi connectivity index (χ0v) is 14.6. The molecule has 1 amide bonds. The second kappa shape index (κ2) is 6.95. The Balaban J connectivity index is 1.53. The van der Waals surface area contributed by atoms with Crippen LogP contribution in [-0.4, -0.2) is 38.7 Å². The molecule has 7 heteroatoms. The Hall–Kier alpha value is -3.22. The molecular formula is C19H20N6O. The van der Waals surface area contributed by atoms with E-state index in [4.69, 9.17) is 0 Å². The van der Waals surface area contributed by atoms with Crippen molar-refractivity contribution in [3.63, 3.8) is 0 Å². The zero-order valence-electron chi connectivity index (χ0n) is 14.6. The molecule has 1 aliphatic rings. The summed E-state index contributed by atoms with van der Waals surface area (Å²) in [6.07, 6.45) is 3.83. The fourth-order valence-corrected chi connectivity index (χ4v) is 3.14. The molecule has 0 spiro atoms.